The van der Waals surface area contributed by atoms with Crippen molar-refractivity contribution >= 4 is 16.7 Å². The van der Waals surface area contributed by atoms with Crippen molar-refractivity contribution in [3.8, 4) is 0 Å². The minimum atomic E-state index is -0.291. The second-order valence-corrected chi connectivity index (χ2v) is 5.45. The molecule has 0 unspecified atom stereocenters. The zero-order valence-corrected chi connectivity index (χ0v) is 13.6. The highest BCUT2D eigenvalue weighted by molar-refractivity contribution is 5.90. The van der Waals surface area contributed by atoms with Gasteiger partial charge in [-0.15, -0.1) is 10.2 Å². The first kappa shape index (κ1) is 15.9. The average Bonchev–Trinajstić information content (AvgIpc) is 3.08. The molecule has 24 heavy (non-hydrogen) atoms. The fourth-order valence-corrected chi connectivity index (χ4v) is 2.46. The van der Waals surface area contributed by atoms with Gasteiger partial charge in [0.1, 0.15) is 0 Å². The summed E-state index contributed by atoms with van der Waals surface area (Å²) in [5.41, 5.74) is 1.04. The highest BCUT2D eigenvalue weighted by atomic mass is 16.4. The Morgan fingerprint density at radius 1 is 1.29 bits per heavy atom. The van der Waals surface area contributed by atoms with Gasteiger partial charge in [0.2, 0.25) is 5.89 Å². The van der Waals surface area contributed by atoms with E-state index in [1.165, 1.54) is 0 Å². The Bertz CT molecular complexity index is 880. The maximum absolute atomic E-state index is 12.5. The summed E-state index contributed by atoms with van der Waals surface area (Å²) in [4.78, 5) is 18.2. The fourth-order valence-electron chi connectivity index (χ4n) is 2.46. The van der Waals surface area contributed by atoms with Gasteiger partial charge in [-0.25, -0.2) is 0 Å². The van der Waals surface area contributed by atoms with Gasteiger partial charge in [0.15, 0.2) is 0 Å². The van der Waals surface area contributed by atoms with Gasteiger partial charge < -0.3 is 9.32 Å². The zero-order valence-electron chi connectivity index (χ0n) is 13.6. The second kappa shape index (κ2) is 7.04. The van der Waals surface area contributed by atoms with Crippen molar-refractivity contribution in [1.82, 2.24) is 20.1 Å². The number of hydrogen-bond acceptors (Lipinski definition) is 5. The average molecular weight is 322 g/mol. The first-order valence-electron chi connectivity index (χ1n) is 7.69. The number of benzene rings is 1. The lowest BCUT2D eigenvalue weighted by Gasteiger charge is -2.16. The van der Waals surface area contributed by atoms with E-state index >= 15 is 0 Å². The number of hydrogen-bond donors (Lipinski definition) is 0. The highest BCUT2D eigenvalue weighted by Crippen LogP contribution is 2.19. The third-order valence-corrected chi connectivity index (χ3v) is 3.70. The Morgan fingerprint density at radius 3 is 3.00 bits per heavy atom. The molecular formula is C18H18N4O2. The van der Waals surface area contributed by atoms with Crippen molar-refractivity contribution in [3.63, 3.8) is 0 Å². The summed E-state index contributed by atoms with van der Waals surface area (Å²) in [5, 5.41) is 9.85. The molecular weight excluding hydrogens is 304 g/mol. The molecule has 0 N–H and O–H groups in total. The first-order valence-corrected chi connectivity index (χ1v) is 7.69. The number of rotatable bonds is 5. The van der Waals surface area contributed by atoms with Crippen molar-refractivity contribution in [2.45, 2.75) is 19.9 Å². The molecule has 6 nitrogen and oxygen atoms in total. The minimum absolute atomic E-state index is 0.0129. The quantitative estimate of drug-likeness (QED) is 0.675. The Kier molecular flexibility index (Phi) is 4.65. The van der Waals surface area contributed by atoms with E-state index in [0.29, 0.717) is 18.9 Å². The van der Waals surface area contributed by atoms with E-state index in [-0.39, 0.29) is 11.8 Å². The van der Waals surface area contributed by atoms with E-state index in [9.17, 15) is 4.79 Å². The van der Waals surface area contributed by atoms with E-state index in [0.717, 1.165) is 16.3 Å². The SMILES string of the molecule is CC=CCc1nnc(C(=O)N(C)Cc2cccc3cnccc23)o1. The molecule has 0 saturated carbocycles. The molecule has 0 spiro atoms. The van der Waals surface area contributed by atoms with E-state index in [1.807, 2.05) is 49.5 Å². The van der Waals surface area contributed by atoms with Crippen LogP contribution in [0.3, 0.4) is 0 Å². The zero-order chi connectivity index (χ0) is 16.9. The summed E-state index contributed by atoms with van der Waals surface area (Å²) < 4.78 is 5.42. The molecule has 122 valence electrons. The molecule has 0 saturated heterocycles. The van der Waals surface area contributed by atoms with E-state index < -0.39 is 0 Å². The number of pyridine rings is 1. The van der Waals surface area contributed by atoms with Crippen LogP contribution in [0.2, 0.25) is 0 Å². The maximum atomic E-state index is 12.5. The Labute approximate surface area is 139 Å². The van der Waals surface area contributed by atoms with Crippen LogP contribution < -0.4 is 0 Å². The van der Waals surface area contributed by atoms with Crippen LogP contribution in [0.25, 0.3) is 10.8 Å². The number of fused-ring (bicyclic) bond motifs is 1. The summed E-state index contributed by atoms with van der Waals surface area (Å²) in [6, 6.07) is 7.90. The summed E-state index contributed by atoms with van der Waals surface area (Å²) in [6.07, 6.45) is 7.88. The summed E-state index contributed by atoms with van der Waals surface area (Å²) in [5.74, 6) is 0.153. The molecule has 0 aliphatic carbocycles. The lowest BCUT2D eigenvalue weighted by molar-refractivity contribution is 0.0744. The van der Waals surface area contributed by atoms with E-state index in [4.69, 9.17) is 4.42 Å². The predicted octanol–water partition coefficient (Wildman–Crippen LogP) is 3.01. The van der Waals surface area contributed by atoms with E-state index in [1.54, 1.807) is 18.1 Å². The summed E-state index contributed by atoms with van der Waals surface area (Å²) >= 11 is 0. The first-order chi connectivity index (χ1) is 11.7. The standard InChI is InChI=1S/C18H18N4O2/c1-3-4-8-16-20-21-17(24-16)18(23)22(2)12-14-7-5-6-13-11-19-10-9-15(13)14/h3-7,9-11H,8,12H2,1-2H3. The smallest absolute Gasteiger partial charge is 0.311 e. The molecule has 0 aliphatic heterocycles. The van der Waals surface area contributed by atoms with Crippen molar-refractivity contribution < 1.29 is 9.21 Å². The van der Waals surface area contributed by atoms with Gasteiger partial charge in [-0.3, -0.25) is 9.78 Å². The lowest BCUT2D eigenvalue weighted by atomic mass is 10.1. The molecule has 3 aromatic rings. The summed E-state index contributed by atoms with van der Waals surface area (Å²) in [7, 11) is 1.72. The monoisotopic (exact) mass is 322 g/mol. The molecule has 6 heteroatoms. The molecule has 0 fully saturated rings. The third-order valence-electron chi connectivity index (χ3n) is 3.70. The van der Waals surface area contributed by atoms with Crippen LogP contribution in [0.4, 0.5) is 0 Å². The maximum Gasteiger partial charge on any atom is 0.311 e. The van der Waals surface area contributed by atoms with Crippen LogP contribution in [0.15, 0.2) is 53.2 Å². The van der Waals surface area contributed by atoms with Crippen molar-refractivity contribution in [3.05, 3.63) is 66.2 Å². The largest absolute Gasteiger partial charge is 0.417 e. The number of aromatic nitrogens is 3. The van der Waals surface area contributed by atoms with E-state index in [2.05, 4.69) is 15.2 Å². The van der Waals surface area contributed by atoms with Crippen LogP contribution in [0.1, 0.15) is 29.1 Å². The van der Waals surface area contributed by atoms with Gasteiger partial charge in [-0.1, -0.05) is 30.4 Å². The van der Waals surface area contributed by atoms with Crippen LogP contribution in [0, 0.1) is 0 Å². The molecule has 1 amide bonds. The normalized spacial score (nSPS) is 11.2. The van der Waals surface area contributed by atoms with Crippen LogP contribution in [-0.2, 0) is 13.0 Å². The van der Waals surface area contributed by atoms with Gasteiger partial charge >= 0.3 is 11.8 Å². The second-order valence-electron chi connectivity index (χ2n) is 5.45. The lowest BCUT2D eigenvalue weighted by Crippen LogP contribution is -2.26. The Morgan fingerprint density at radius 2 is 2.17 bits per heavy atom. The molecule has 2 heterocycles. The highest BCUT2D eigenvalue weighted by Gasteiger charge is 2.19. The Balaban J connectivity index is 1.77. The van der Waals surface area contributed by atoms with Crippen LogP contribution in [0.5, 0.6) is 0 Å². The van der Waals surface area contributed by atoms with Crippen LogP contribution in [-0.4, -0.2) is 33.0 Å². The molecule has 3 rings (SSSR count). The number of carbonyl (C=O) groups is 1. The number of allylic oxidation sites excluding steroid dienone is 2. The Hall–Kier alpha value is -3.02. The fraction of sp³-hybridized carbons (Fsp3) is 0.222. The molecule has 1 aromatic carbocycles. The number of amides is 1. The van der Waals surface area contributed by atoms with Gasteiger partial charge in [-0.2, -0.15) is 0 Å². The van der Waals surface area contributed by atoms with Gasteiger partial charge in [0, 0.05) is 37.8 Å². The van der Waals surface area contributed by atoms with Gasteiger partial charge in [0.05, 0.1) is 0 Å². The predicted molar refractivity (Wildman–Crippen MR) is 90.4 cm³/mol. The molecule has 0 aliphatic rings. The van der Waals surface area contributed by atoms with Gasteiger partial charge in [-0.05, 0) is 23.9 Å². The topological polar surface area (TPSA) is 72.1 Å². The van der Waals surface area contributed by atoms with Gasteiger partial charge in [0.25, 0.3) is 0 Å². The molecule has 0 radical (unpaired) electrons. The van der Waals surface area contributed by atoms with Crippen LogP contribution >= 0.6 is 0 Å². The number of nitrogens with zero attached hydrogens (tertiary/aromatic N) is 4. The molecule has 0 bridgehead atoms. The van der Waals surface area contributed by atoms with Crippen molar-refractivity contribution in [2.75, 3.05) is 7.05 Å². The van der Waals surface area contributed by atoms with Crippen molar-refractivity contribution in [2.24, 2.45) is 0 Å². The molecule has 0 atom stereocenters. The minimum Gasteiger partial charge on any atom is -0.417 e. The molecule has 2 aromatic heterocycles. The summed E-state index contributed by atoms with van der Waals surface area (Å²) in [6.45, 7) is 2.36. The van der Waals surface area contributed by atoms with Crippen molar-refractivity contribution in [1.29, 1.82) is 0 Å². The third kappa shape index (κ3) is 3.32. The number of carbonyl (C=O) groups excluding carboxylic acids is 1.